The summed E-state index contributed by atoms with van der Waals surface area (Å²) in [4.78, 5) is 27.8. The van der Waals surface area contributed by atoms with Crippen molar-refractivity contribution in [2.45, 2.75) is 25.9 Å². The summed E-state index contributed by atoms with van der Waals surface area (Å²) in [5, 5.41) is 4.76. The van der Waals surface area contributed by atoms with Gasteiger partial charge < -0.3 is 10.6 Å². The largest absolute Gasteiger partial charge is 0.368 e. The number of amides is 2. The Hall–Kier alpha value is -4.19. The Morgan fingerprint density at radius 3 is 2.27 bits per heavy atom. The fourth-order valence-electron chi connectivity index (χ4n) is 4.31. The molecule has 2 amide bonds. The minimum atomic E-state index is -0.710. The van der Waals surface area contributed by atoms with Crippen LogP contribution in [-0.2, 0) is 17.8 Å². The number of para-hydroxylation sites is 1. The molecule has 6 nitrogen and oxygen atoms in total. The van der Waals surface area contributed by atoms with Crippen molar-refractivity contribution < 1.29 is 9.59 Å². The molecule has 0 saturated carbocycles. The molecule has 0 aliphatic carbocycles. The van der Waals surface area contributed by atoms with E-state index in [1.165, 1.54) is 0 Å². The van der Waals surface area contributed by atoms with E-state index in [0.717, 1.165) is 27.9 Å². The molecule has 0 fully saturated rings. The van der Waals surface area contributed by atoms with Gasteiger partial charge in [0, 0.05) is 24.7 Å². The summed E-state index contributed by atoms with van der Waals surface area (Å²) in [5.74, 6) is -0.767. The van der Waals surface area contributed by atoms with Gasteiger partial charge in [0.15, 0.2) is 0 Å². The van der Waals surface area contributed by atoms with Gasteiger partial charge in [0.05, 0.1) is 11.3 Å². The van der Waals surface area contributed by atoms with E-state index >= 15 is 0 Å². The van der Waals surface area contributed by atoms with Crippen LogP contribution in [0.3, 0.4) is 0 Å². The Bertz CT molecular complexity index is 1330. The highest BCUT2D eigenvalue weighted by molar-refractivity contribution is 6.02. The number of carbonyl (C=O) groups is 2. The average molecular weight is 437 g/mol. The molecule has 4 aromatic rings. The van der Waals surface area contributed by atoms with E-state index < -0.39 is 11.9 Å². The number of rotatable bonds is 4. The van der Waals surface area contributed by atoms with Crippen molar-refractivity contribution in [3.8, 4) is 16.9 Å². The Morgan fingerprint density at radius 1 is 0.909 bits per heavy atom. The number of nitrogens with two attached hydrogens (primary N) is 1. The predicted molar refractivity (Wildman–Crippen MR) is 127 cm³/mol. The molecule has 6 heteroatoms. The molecular formula is C27H24N4O2. The first-order valence-corrected chi connectivity index (χ1v) is 10.9. The lowest BCUT2D eigenvalue weighted by Gasteiger charge is -2.35. The predicted octanol–water partition coefficient (Wildman–Crippen LogP) is 3.90. The van der Waals surface area contributed by atoms with Crippen LogP contribution in [0.4, 0.5) is 0 Å². The second-order valence-electron chi connectivity index (χ2n) is 8.36. The Morgan fingerprint density at radius 2 is 1.58 bits per heavy atom. The zero-order valence-electron chi connectivity index (χ0n) is 18.3. The summed E-state index contributed by atoms with van der Waals surface area (Å²) in [6.45, 7) is 2.34. The SMILES string of the molecule is Cc1ccc(-c2nn(-c3ccccc3)cc2C(=O)N2Cc3ccccc3CC2C(N)=O)cc1. The van der Waals surface area contributed by atoms with Crippen LogP contribution in [0.25, 0.3) is 16.9 Å². The van der Waals surface area contributed by atoms with E-state index in [-0.39, 0.29) is 5.91 Å². The van der Waals surface area contributed by atoms with Gasteiger partial charge in [-0.25, -0.2) is 4.68 Å². The van der Waals surface area contributed by atoms with E-state index in [9.17, 15) is 9.59 Å². The number of nitrogens with zero attached hydrogens (tertiary/aromatic N) is 3. The van der Waals surface area contributed by atoms with Gasteiger partial charge in [-0.05, 0) is 30.2 Å². The molecule has 1 aromatic heterocycles. The molecule has 33 heavy (non-hydrogen) atoms. The number of benzene rings is 3. The van der Waals surface area contributed by atoms with Crippen LogP contribution in [0.1, 0.15) is 27.0 Å². The fraction of sp³-hybridized carbons (Fsp3) is 0.148. The third-order valence-electron chi connectivity index (χ3n) is 6.13. The van der Waals surface area contributed by atoms with Gasteiger partial charge in [0.25, 0.3) is 5.91 Å². The van der Waals surface area contributed by atoms with Crippen molar-refractivity contribution in [3.05, 3.63) is 107 Å². The van der Waals surface area contributed by atoms with Gasteiger partial charge in [0.1, 0.15) is 11.7 Å². The van der Waals surface area contributed by atoms with Crippen LogP contribution >= 0.6 is 0 Å². The molecule has 0 spiro atoms. The first kappa shape index (κ1) is 20.7. The molecule has 3 aromatic carbocycles. The number of fused-ring (bicyclic) bond motifs is 1. The second-order valence-corrected chi connectivity index (χ2v) is 8.36. The van der Waals surface area contributed by atoms with E-state index in [1.807, 2.05) is 85.8 Å². The fourth-order valence-corrected chi connectivity index (χ4v) is 4.31. The molecule has 2 N–H and O–H groups in total. The summed E-state index contributed by atoms with van der Waals surface area (Å²) in [5.41, 5.74) is 11.6. The third-order valence-corrected chi connectivity index (χ3v) is 6.13. The summed E-state index contributed by atoms with van der Waals surface area (Å²) in [6, 6.07) is 24.7. The van der Waals surface area contributed by atoms with Crippen molar-refractivity contribution in [3.63, 3.8) is 0 Å². The molecule has 0 bridgehead atoms. The van der Waals surface area contributed by atoms with E-state index in [4.69, 9.17) is 10.8 Å². The quantitative estimate of drug-likeness (QED) is 0.527. The molecule has 164 valence electrons. The lowest BCUT2D eigenvalue weighted by Crippen LogP contribution is -2.51. The zero-order chi connectivity index (χ0) is 22.9. The van der Waals surface area contributed by atoms with E-state index in [1.54, 1.807) is 15.8 Å². The van der Waals surface area contributed by atoms with Crippen LogP contribution in [-0.4, -0.2) is 32.5 Å². The molecule has 0 saturated heterocycles. The van der Waals surface area contributed by atoms with Crippen LogP contribution in [0.5, 0.6) is 0 Å². The standard InChI is InChI=1S/C27H24N4O2/c1-18-11-13-19(14-12-18)25-23(17-31(29-25)22-9-3-2-4-10-22)27(33)30-16-21-8-6-5-7-20(21)15-24(30)26(28)32/h2-14,17,24H,15-16H2,1H3,(H2,28,32). The normalized spacial score (nSPS) is 15.2. The highest BCUT2D eigenvalue weighted by Gasteiger charge is 2.35. The van der Waals surface area contributed by atoms with Gasteiger partial charge >= 0.3 is 0 Å². The summed E-state index contributed by atoms with van der Waals surface area (Å²) in [7, 11) is 0. The first-order valence-electron chi connectivity index (χ1n) is 10.9. The van der Waals surface area contributed by atoms with Gasteiger partial charge in [-0.1, -0.05) is 72.3 Å². The highest BCUT2D eigenvalue weighted by atomic mass is 16.2. The maximum atomic E-state index is 13.9. The number of hydrogen-bond acceptors (Lipinski definition) is 3. The number of hydrogen-bond donors (Lipinski definition) is 1. The highest BCUT2D eigenvalue weighted by Crippen LogP contribution is 2.29. The Kier molecular flexibility index (Phi) is 5.26. The molecule has 1 unspecified atom stereocenters. The topological polar surface area (TPSA) is 81.2 Å². The maximum absolute atomic E-state index is 13.9. The monoisotopic (exact) mass is 436 g/mol. The van der Waals surface area contributed by atoms with Gasteiger partial charge in [-0.2, -0.15) is 5.10 Å². The minimum absolute atomic E-state index is 0.258. The van der Waals surface area contributed by atoms with Crippen molar-refractivity contribution in [2.75, 3.05) is 0 Å². The van der Waals surface area contributed by atoms with Gasteiger partial charge in [-0.3, -0.25) is 9.59 Å². The molecule has 1 atom stereocenters. The average Bonchev–Trinajstić information content (AvgIpc) is 3.29. The first-order chi connectivity index (χ1) is 16.0. The van der Waals surface area contributed by atoms with Crippen molar-refractivity contribution in [1.29, 1.82) is 0 Å². The van der Waals surface area contributed by atoms with E-state index in [0.29, 0.717) is 24.2 Å². The molecule has 2 heterocycles. The number of carbonyl (C=O) groups excluding carboxylic acids is 2. The molecular weight excluding hydrogens is 412 g/mol. The second kappa shape index (κ2) is 8.39. The van der Waals surface area contributed by atoms with Crippen LogP contribution in [0.2, 0.25) is 0 Å². The number of primary amides is 1. The molecule has 1 aliphatic heterocycles. The van der Waals surface area contributed by atoms with Gasteiger partial charge in [-0.15, -0.1) is 0 Å². The van der Waals surface area contributed by atoms with E-state index in [2.05, 4.69) is 0 Å². The zero-order valence-corrected chi connectivity index (χ0v) is 18.3. The van der Waals surface area contributed by atoms with Crippen LogP contribution < -0.4 is 5.73 Å². The van der Waals surface area contributed by atoms with Gasteiger partial charge in [0.2, 0.25) is 5.91 Å². The Labute approximate surface area is 192 Å². The minimum Gasteiger partial charge on any atom is -0.368 e. The van der Waals surface area contributed by atoms with Crippen molar-refractivity contribution in [2.24, 2.45) is 5.73 Å². The van der Waals surface area contributed by atoms with Crippen molar-refractivity contribution >= 4 is 11.8 Å². The maximum Gasteiger partial charge on any atom is 0.258 e. The summed E-state index contributed by atoms with van der Waals surface area (Å²) < 4.78 is 1.71. The smallest absolute Gasteiger partial charge is 0.258 e. The Balaban J connectivity index is 1.61. The number of aromatic nitrogens is 2. The summed E-state index contributed by atoms with van der Waals surface area (Å²) >= 11 is 0. The van der Waals surface area contributed by atoms with Crippen LogP contribution in [0.15, 0.2) is 85.1 Å². The lowest BCUT2D eigenvalue weighted by molar-refractivity contribution is -0.122. The lowest BCUT2D eigenvalue weighted by atomic mass is 9.92. The number of aryl methyl sites for hydroxylation is 1. The van der Waals surface area contributed by atoms with Crippen molar-refractivity contribution in [1.82, 2.24) is 14.7 Å². The molecule has 5 rings (SSSR count). The van der Waals surface area contributed by atoms with Crippen LogP contribution in [0, 0.1) is 6.92 Å². The summed E-state index contributed by atoms with van der Waals surface area (Å²) in [6.07, 6.45) is 2.15. The third kappa shape index (κ3) is 3.91. The molecule has 0 radical (unpaired) electrons. The molecule has 1 aliphatic rings.